The Hall–Kier alpha value is -3.71. The minimum absolute atomic E-state index is 0.184. The van der Waals surface area contributed by atoms with Crippen LogP contribution in [0.4, 0.5) is 0 Å². The molecule has 2 aromatic heterocycles. The maximum absolute atomic E-state index is 13.5. The molecule has 1 N–H and O–H groups in total. The predicted molar refractivity (Wildman–Crippen MR) is 121 cm³/mol. The lowest BCUT2D eigenvalue weighted by Gasteiger charge is -2.24. The average Bonchev–Trinajstić information content (AvgIpc) is 3.34. The number of carbonyl (C=O) groups excluding carboxylic acids is 1. The van der Waals surface area contributed by atoms with Gasteiger partial charge < -0.3 is 9.72 Å². The van der Waals surface area contributed by atoms with E-state index in [4.69, 9.17) is 4.74 Å². The van der Waals surface area contributed by atoms with Gasteiger partial charge in [0.2, 0.25) is 0 Å². The summed E-state index contributed by atoms with van der Waals surface area (Å²) < 4.78 is 7.18. The number of H-pyrrole nitrogens is 1. The van der Waals surface area contributed by atoms with Crippen molar-refractivity contribution in [3.63, 3.8) is 0 Å². The Kier molecular flexibility index (Phi) is 4.67. The van der Waals surface area contributed by atoms with Crippen molar-refractivity contribution < 1.29 is 9.53 Å². The molecule has 0 unspecified atom stereocenters. The van der Waals surface area contributed by atoms with Gasteiger partial charge in [0.15, 0.2) is 4.80 Å². The average molecular weight is 430 g/mol. The van der Waals surface area contributed by atoms with Crippen molar-refractivity contribution in [2.24, 2.45) is 4.99 Å². The number of methoxy groups -OCH3 is 1. The van der Waals surface area contributed by atoms with Gasteiger partial charge >= 0.3 is 5.97 Å². The van der Waals surface area contributed by atoms with E-state index in [2.05, 4.69) is 9.98 Å². The second-order valence-corrected chi connectivity index (χ2v) is 8.28. The summed E-state index contributed by atoms with van der Waals surface area (Å²) >= 11 is 1.32. The van der Waals surface area contributed by atoms with E-state index in [-0.39, 0.29) is 5.56 Å². The molecule has 1 aliphatic rings. The molecule has 0 aliphatic carbocycles. The molecule has 0 bridgehead atoms. The van der Waals surface area contributed by atoms with Crippen LogP contribution in [0.5, 0.6) is 0 Å². The number of rotatable bonds is 3. The molecular weight excluding hydrogens is 410 g/mol. The number of para-hydroxylation sites is 1. The minimum atomic E-state index is -0.588. The van der Waals surface area contributed by atoms with Crippen LogP contribution >= 0.6 is 11.3 Å². The molecule has 3 heterocycles. The Bertz CT molecular complexity index is 1520. The molecule has 7 heteroatoms. The van der Waals surface area contributed by atoms with E-state index in [0.717, 1.165) is 22.0 Å². The summed E-state index contributed by atoms with van der Waals surface area (Å²) in [5, 5.41) is 1.04. The summed E-state index contributed by atoms with van der Waals surface area (Å²) in [6, 6.07) is 16.9. The van der Waals surface area contributed by atoms with Crippen LogP contribution in [0, 0.1) is 0 Å². The first kappa shape index (κ1) is 19.3. The van der Waals surface area contributed by atoms with Gasteiger partial charge in [-0.3, -0.25) is 9.36 Å². The summed E-state index contributed by atoms with van der Waals surface area (Å²) in [5.74, 6) is -0.485. The fourth-order valence-corrected chi connectivity index (χ4v) is 5.04. The van der Waals surface area contributed by atoms with Gasteiger partial charge in [0.05, 0.1) is 29.0 Å². The third-order valence-electron chi connectivity index (χ3n) is 5.45. The zero-order valence-corrected chi connectivity index (χ0v) is 17.8. The van der Waals surface area contributed by atoms with Crippen LogP contribution in [0.1, 0.15) is 24.1 Å². The quantitative estimate of drug-likeness (QED) is 0.509. The molecule has 0 saturated heterocycles. The van der Waals surface area contributed by atoms with Gasteiger partial charge in [-0.1, -0.05) is 59.9 Å². The largest absolute Gasteiger partial charge is 0.466 e. The second kappa shape index (κ2) is 7.52. The summed E-state index contributed by atoms with van der Waals surface area (Å²) in [5.41, 5.74) is 3.52. The molecule has 1 atom stereocenters. The first-order valence-electron chi connectivity index (χ1n) is 9.80. The van der Waals surface area contributed by atoms with E-state index in [0.29, 0.717) is 20.6 Å². The highest BCUT2D eigenvalue weighted by molar-refractivity contribution is 7.07. The first-order valence-corrected chi connectivity index (χ1v) is 10.6. The van der Waals surface area contributed by atoms with Crippen LogP contribution in [0.3, 0.4) is 0 Å². The minimum Gasteiger partial charge on any atom is -0.466 e. The molecule has 0 radical (unpaired) electrons. The number of carbonyl (C=O) groups is 1. The number of ether oxygens (including phenoxy) is 1. The standard InChI is InChI=1S/C24H19N3O3S/c1-14-20(23(29)30-2)21(15-8-4-3-5-9-15)27-22(28)19(31-24(27)26-14)12-16-13-25-18-11-7-6-10-17(16)18/h3-13,21,25H,1-2H3/b19-12-/t21-/m1/s1. The maximum Gasteiger partial charge on any atom is 0.338 e. The number of hydrogen-bond donors (Lipinski definition) is 1. The number of aromatic nitrogens is 2. The van der Waals surface area contributed by atoms with E-state index in [9.17, 15) is 9.59 Å². The van der Waals surface area contributed by atoms with E-state index in [1.807, 2.05) is 66.9 Å². The number of thiazole rings is 1. The molecule has 154 valence electrons. The van der Waals surface area contributed by atoms with Crippen LogP contribution in [0.15, 0.2) is 81.9 Å². The molecule has 4 aromatic rings. The summed E-state index contributed by atoms with van der Waals surface area (Å²) in [6.45, 7) is 1.78. The van der Waals surface area contributed by atoms with E-state index in [1.165, 1.54) is 18.4 Å². The monoisotopic (exact) mass is 429 g/mol. The van der Waals surface area contributed by atoms with Gasteiger partial charge in [0, 0.05) is 22.7 Å². The lowest BCUT2D eigenvalue weighted by atomic mass is 9.96. The van der Waals surface area contributed by atoms with Gasteiger partial charge in [-0.15, -0.1) is 0 Å². The van der Waals surface area contributed by atoms with Crippen LogP contribution in [0.25, 0.3) is 17.0 Å². The molecular formula is C24H19N3O3S. The Balaban J connectivity index is 1.76. The second-order valence-electron chi connectivity index (χ2n) is 7.27. The van der Waals surface area contributed by atoms with Gasteiger partial charge in [0.1, 0.15) is 0 Å². The van der Waals surface area contributed by atoms with Crippen molar-refractivity contribution in [1.82, 2.24) is 9.55 Å². The zero-order chi connectivity index (χ0) is 21.5. The Morgan fingerprint density at radius 2 is 1.90 bits per heavy atom. The van der Waals surface area contributed by atoms with Crippen molar-refractivity contribution in [1.29, 1.82) is 0 Å². The van der Waals surface area contributed by atoms with Gasteiger partial charge in [-0.05, 0) is 24.6 Å². The molecule has 6 nitrogen and oxygen atoms in total. The number of nitrogens with one attached hydrogen (secondary N) is 1. The molecule has 31 heavy (non-hydrogen) atoms. The first-order chi connectivity index (χ1) is 15.1. The number of aromatic amines is 1. The highest BCUT2D eigenvalue weighted by Gasteiger charge is 2.32. The zero-order valence-electron chi connectivity index (χ0n) is 17.0. The number of benzene rings is 2. The molecule has 2 aromatic carbocycles. The highest BCUT2D eigenvalue weighted by atomic mass is 32.1. The number of allylic oxidation sites excluding steroid dienone is 1. The van der Waals surface area contributed by atoms with E-state index < -0.39 is 12.0 Å². The SMILES string of the molecule is COC(=O)C1=C(C)N=c2s/c(=C\c3c[nH]c4ccccc34)c(=O)n2[C@@H]1c1ccccc1. The number of nitrogens with zero attached hydrogens (tertiary/aromatic N) is 2. The smallest absolute Gasteiger partial charge is 0.338 e. The molecule has 0 spiro atoms. The highest BCUT2D eigenvalue weighted by Crippen LogP contribution is 2.30. The van der Waals surface area contributed by atoms with Gasteiger partial charge in [0.25, 0.3) is 5.56 Å². The molecule has 5 rings (SSSR count). The number of esters is 1. The van der Waals surface area contributed by atoms with Crippen molar-refractivity contribution in [2.75, 3.05) is 7.11 Å². The van der Waals surface area contributed by atoms with Gasteiger partial charge in [-0.2, -0.15) is 0 Å². The fourth-order valence-electron chi connectivity index (χ4n) is 4.00. The maximum atomic E-state index is 13.5. The van der Waals surface area contributed by atoms with Crippen LogP contribution in [-0.2, 0) is 9.53 Å². The van der Waals surface area contributed by atoms with E-state index >= 15 is 0 Å². The number of fused-ring (bicyclic) bond motifs is 2. The van der Waals surface area contributed by atoms with Crippen molar-refractivity contribution in [2.45, 2.75) is 13.0 Å². The molecule has 0 amide bonds. The summed E-state index contributed by atoms with van der Waals surface area (Å²) in [6.07, 6.45) is 3.77. The Morgan fingerprint density at radius 1 is 1.16 bits per heavy atom. The fraction of sp³-hybridized carbons (Fsp3) is 0.125. The molecule has 0 saturated carbocycles. The topological polar surface area (TPSA) is 76.4 Å². The Labute approximate surface area is 181 Å². The predicted octanol–water partition coefficient (Wildman–Crippen LogP) is 2.89. The van der Waals surface area contributed by atoms with Crippen LogP contribution in [-0.4, -0.2) is 22.6 Å². The molecule has 0 fully saturated rings. The van der Waals surface area contributed by atoms with Crippen LogP contribution in [0.2, 0.25) is 0 Å². The van der Waals surface area contributed by atoms with Crippen molar-refractivity contribution in [3.8, 4) is 0 Å². The molecule has 1 aliphatic heterocycles. The van der Waals surface area contributed by atoms with Crippen molar-refractivity contribution >= 4 is 34.3 Å². The summed E-state index contributed by atoms with van der Waals surface area (Å²) in [4.78, 5) is 34.5. The number of hydrogen-bond acceptors (Lipinski definition) is 5. The van der Waals surface area contributed by atoms with Crippen molar-refractivity contribution in [3.05, 3.63) is 103 Å². The van der Waals surface area contributed by atoms with Crippen LogP contribution < -0.4 is 14.9 Å². The third kappa shape index (κ3) is 3.14. The summed E-state index contributed by atoms with van der Waals surface area (Å²) in [7, 11) is 1.34. The van der Waals surface area contributed by atoms with Gasteiger partial charge in [-0.25, -0.2) is 9.79 Å². The van der Waals surface area contributed by atoms with E-state index in [1.54, 1.807) is 11.5 Å². The third-order valence-corrected chi connectivity index (χ3v) is 6.43. The lowest BCUT2D eigenvalue weighted by molar-refractivity contribution is -0.136. The normalized spacial score (nSPS) is 16.3. The lowest BCUT2D eigenvalue weighted by Crippen LogP contribution is -2.39. The Morgan fingerprint density at radius 3 is 2.68 bits per heavy atom.